The Kier molecular flexibility index (Phi) is 4.14. The van der Waals surface area contributed by atoms with Gasteiger partial charge < -0.3 is 15.0 Å². The van der Waals surface area contributed by atoms with Crippen LogP contribution in [0.3, 0.4) is 0 Å². The molecule has 2 rings (SSSR count). The van der Waals surface area contributed by atoms with Gasteiger partial charge in [0, 0.05) is 25.1 Å². The van der Waals surface area contributed by atoms with Crippen LogP contribution >= 0.6 is 0 Å². The number of carbonyl (C=O) groups excluding carboxylic acids is 1. The van der Waals surface area contributed by atoms with Gasteiger partial charge in [0.25, 0.3) is 5.91 Å². The lowest BCUT2D eigenvalue weighted by molar-refractivity contribution is -0.137. The molecule has 20 heavy (non-hydrogen) atoms. The Hall–Kier alpha value is -2.63. The second-order valence-corrected chi connectivity index (χ2v) is 4.40. The van der Waals surface area contributed by atoms with E-state index in [-0.39, 0.29) is 12.5 Å². The summed E-state index contributed by atoms with van der Waals surface area (Å²) >= 11 is 0. The molecule has 2 heterocycles. The first-order chi connectivity index (χ1) is 9.58. The highest BCUT2D eigenvalue weighted by Crippen LogP contribution is 2.06. The van der Waals surface area contributed by atoms with E-state index in [1.807, 2.05) is 13.0 Å². The summed E-state index contributed by atoms with van der Waals surface area (Å²) in [5.41, 5.74) is 2.30. The molecule has 0 aliphatic heterocycles. The van der Waals surface area contributed by atoms with E-state index in [0.29, 0.717) is 12.2 Å². The lowest BCUT2D eigenvalue weighted by Crippen LogP contribution is -2.26. The number of carboxylic acids is 1. The van der Waals surface area contributed by atoms with Crippen molar-refractivity contribution in [1.82, 2.24) is 14.9 Å². The number of aliphatic carboxylic acids is 1. The number of aromatic nitrogens is 2. The molecule has 0 bridgehead atoms. The summed E-state index contributed by atoms with van der Waals surface area (Å²) in [7, 11) is 0. The Bertz CT molecular complexity index is 634. The summed E-state index contributed by atoms with van der Waals surface area (Å²) in [6.45, 7) is 2.07. The Morgan fingerprint density at radius 2 is 2.20 bits per heavy atom. The molecule has 0 saturated carbocycles. The first kappa shape index (κ1) is 13.8. The summed E-state index contributed by atoms with van der Waals surface area (Å²) in [5, 5.41) is 11.6. The van der Waals surface area contributed by atoms with Gasteiger partial charge in [-0.1, -0.05) is 0 Å². The zero-order valence-electron chi connectivity index (χ0n) is 11.0. The van der Waals surface area contributed by atoms with E-state index >= 15 is 0 Å². The van der Waals surface area contributed by atoms with Crippen LogP contribution in [0, 0.1) is 6.92 Å². The van der Waals surface area contributed by atoms with E-state index in [0.717, 1.165) is 11.1 Å². The van der Waals surface area contributed by atoms with Gasteiger partial charge >= 0.3 is 5.97 Å². The molecule has 1 amide bonds. The Morgan fingerprint density at radius 1 is 1.40 bits per heavy atom. The minimum atomic E-state index is -0.986. The zero-order chi connectivity index (χ0) is 14.5. The number of hydrogen-bond acceptors (Lipinski definition) is 3. The Labute approximate surface area is 116 Å². The van der Waals surface area contributed by atoms with Gasteiger partial charge in [0.1, 0.15) is 12.2 Å². The SMILES string of the molecule is Cc1cnccc1CNC(=O)c1cccn1CC(=O)O. The van der Waals surface area contributed by atoms with Crippen molar-refractivity contribution in [2.75, 3.05) is 0 Å². The summed E-state index contributed by atoms with van der Waals surface area (Å²) < 4.78 is 1.40. The smallest absolute Gasteiger partial charge is 0.323 e. The second-order valence-electron chi connectivity index (χ2n) is 4.40. The molecule has 0 aliphatic rings. The molecule has 0 radical (unpaired) electrons. The number of nitrogens with zero attached hydrogens (tertiary/aromatic N) is 2. The molecular weight excluding hydrogens is 258 g/mol. The normalized spacial score (nSPS) is 10.2. The van der Waals surface area contributed by atoms with Gasteiger partial charge in [-0.05, 0) is 36.2 Å². The van der Waals surface area contributed by atoms with Crippen LogP contribution in [-0.4, -0.2) is 26.5 Å². The standard InChI is InChI=1S/C14H15N3O3/c1-10-7-15-5-4-11(10)8-16-14(20)12-3-2-6-17(12)9-13(18)19/h2-7H,8-9H2,1H3,(H,16,20)(H,18,19). The molecule has 2 N–H and O–H groups in total. The third-order valence-corrected chi connectivity index (χ3v) is 2.94. The van der Waals surface area contributed by atoms with Crippen LogP contribution in [0.15, 0.2) is 36.8 Å². The fourth-order valence-corrected chi connectivity index (χ4v) is 1.87. The van der Waals surface area contributed by atoms with Crippen molar-refractivity contribution >= 4 is 11.9 Å². The summed E-state index contributed by atoms with van der Waals surface area (Å²) in [5.74, 6) is -1.28. The third-order valence-electron chi connectivity index (χ3n) is 2.94. The number of nitrogens with one attached hydrogen (secondary N) is 1. The molecule has 6 heteroatoms. The van der Waals surface area contributed by atoms with E-state index in [4.69, 9.17) is 5.11 Å². The summed E-state index contributed by atoms with van der Waals surface area (Å²) in [6, 6.07) is 5.08. The van der Waals surface area contributed by atoms with Crippen LogP contribution in [0.4, 0.5) is 0 Å². The molecule has 0 aliphatic carbocycles. The number of rotatable bonds is 5. The van der Waals surface area contributed by atoms with Crippen LogP contribution in [0.5, 0.6) is 0 Å². The monoisotopic (exact) mass is 273 g/mol. The molecule has 0 aromatic carbocycles. The highest BCUT2D eigenvalue weighted by atomic mass is 16.4. The van der Waals surface area contributed by atoms with Crippen molar-refractivity contribution in [2.45, 2.75) is 20.0 Å². The van der Waals surface area contributed by atoms with Crippen LogP contribution in [0.1, 0.15) is 21.6 Å². The number of amides is 1. The first-order valence-corrected chi connectivity index (χ1v) is 6.12. The molecule has 2 aromatic rings. The van der Waals surface area contributed by atoms with Crippen LogP contribution in [0.25, 0.3) is 0 Å². The number of carboxylic acid groups (broad SMARTS) is 1. The van der Waals surface area contributed by atoms with Crippen LogP contribution < -0.4 is 5.32 Å². The maximum atomic E-state index is 12.1. The number of hydrogen-bond donors (Lipinski definition) is 2. The zero-order valence-corrected chi connectivity index (χ0v) is 11.0. The molecule has 0 spiro atoms. The predicted molar refractivity (Wildman–Crippen MR) is 72.2 cm³/mol. The van der Waals surface area contributed by atoms with Gasteiger partial charge in [-0.25, -0.2) is 0 Å². The lowest BCUT2D eigenvalue weighted by Gasteiger charge is -2.09. The average molecular weight is 273 g/mol. The molecule has 0 saturated heterocycles. The topological polar surface area (TPSA) is 84.2 Å². The molecule has 104 valence electrons. The fraction of sp³-hybridized carbons (Fsp3) is 0.214. The largest absolute Gasteiger partial charge is 0.480 e. The second kappa shape index (κ2) is 6.01. The van der Waals surface area contributed by atoms with Gasteiger partial charge in [0.2, 0.25) is 0 Å². The van der Waals surface area contributed by atoms with Gasteiger partial charge in [-0.2, -0.15) is 0 Å². The van der Waals surface area contributed by atoms with E-state index in [1.54, 1.807) is 30.7 Å². The maximum absolute atomic E-state index is 12.1. The summed E-state index contributed by atoms with van der Waals surface area (Å²) in [4.78, 5) is 26.7. The predicted octanol–water partition coefficient (Wildman–Crippen LogP) is 1.21. The van der Waals surface area contributed by atoms with Gasteiger partial charge in [-0.15, -0.1) is 0 Å². The number of pyridine rings is 1. The molecular formula is C14H15N3O3. The van der Waals surface area contributed by atoms with Crippen molar-refractivity contribution in [3.8, 4) is 0 Å². The van der Waals surface area contributed by atoms with Crippen molar-refractivity contribution in [2.24, 2.45) is 0 Å². The van der Waals surface area contributed by atoms with E-state index in [9.17, 15) is 9.59 Å². The molecule has 0 fully saturated rings. The lowest BCUT2D eigenvalue weighted by atomic mass is 10.1. The quantitative estimate of drug-likeness (QED) is 0.857. The molecule has 2 aromatic heterocycles. The van der Waals surface area contributed by atoms with Crippen molar-refractivity contribution in [1.29, 1.82) is 0 Å². The van der Waals surface area contributed by atoms with E-state index in [1.165, 1.54) is 4.57 Å². The van der Waals surface area contributed by atoms with Crippen LogP contribution in [0.2, 0.25) is 0 Å². The van der Waals surface area contributed by atoms with Crippen molar-refractivity contribution in [3.05, 3.63) is 53.6 Å². The van der Waals surface area contributed by atoms with Crippen molar-refractivity contribution in [3.63, 3.8) is 0 Å². The minimum Gasteiger partial charge on any atom is -0.480 e. The fourth-order valence-electron chi connectivity index (χ4n) is 1.87. The van der Waals surface area contributed by atoms with Gasteiger partial charge in [-0.3, -0.25) is 14.6 Å². The Morgan fingerprint density at radius 3 is 2.90 bits per heavy atom. The molecule has 0 unspecified atom stereocenters. The van der Waals surface area contributed by atoms with Gasteiger partial charge in [0.05, 0.1) is 0 Å². The first-order valence-electron chi connectivity index (χ1n) is 6.12. The van der Waals surface area contributed by atoms with Crippen molar-refractivity contribution < 1.29 is 14.7 Å². The van der Waals surface area contributed by atoms with E-state index in [2.05, 4.69) is 10.3 Å². The maximum Gasteiger partial charge on any atom is 0.323 e. The van der Waals surface area contributed by atoms with Crippen LogP contribution in [-0.2, 0) is 17.9 Å². The van der Waals surface area contributed by atoms with E-state index < -0.39 is 5.97 Å². The average Bonchev–Trinajstić information content (AvgIpc) is 2.85. The van der Waals surface area contributed by atoms with Gasteiger partial charge in [0.15, 0.2) is 0 Å². The Balaban J connectivity index is 2.04. The number of aryl methyl sites for hydroxylation is 1. The summed E-state index contributed by atoms with van der Waals surface area (Å²) in [6.07, 6.45) is 4.97. The highest BCUT2D eigenvalue weighted by Gasteiger charge is 2.12. The minimum absolute atomic E-state index is 0.232. The highest BCUT2D eigenvalue weighted by molar-refractivity contribution is 5.93. The molecule has 0 atom stereocenters. The number of carbonyl (C=O) groups is 2. The third kappa shape index (κ3) is 3.23. The molecule has 6 nitrogen and oxygen atoms in total.